The third-order valence-corrected chi connectivity index (χ3v) is 2.12. The largest absolute Gasteiger partial charge is 0.465 e. The second-order valence-corrected chi connectivity index (χ2v) is 3.54. The van der Waals surface area contributed by atoms with Gasteiger partial charge >= 0.3 is 0 Å². The van der Waals surface area contributed by atoms with E-state index in [9.17, 15) is 4.39 Å². The van der Waals surface area contributed by atoms with Gasteiger partial charge in [0.15, 0.2) is 11.6 Å². The molecule has 0 aliphatic rings. The molecule has 0 atom stereocenters. The standard InChI is InChI=1S/C10H9ClFN3O/c1-6-2-3-7(16-6)4-13-9-8(12)5-14-10(11)15-9/h2-3,5H,4H2,1H3,(H,13,14,15). The first-order chi connectivity index (χ1) is 7.65. The number of furan rings is 1. The van der Waals surface area contributed by atoms with E-state index in [4.69, 9.17) is 16.0 Å². The lowest BCUT2D eigenvalue weighted by molar-refractivity contribution is 0.489. The maximum absolute atomic E-state index is 13.2. The summed E-state index contributed by atoms with van der Waals surface area (Å²) in [4.78, 5) is 7.24. The third-order valence-electron chi connectivity index (χ3n) is 1.94. The number of hydrogen-bond donors (Lipinski definition) is 1. The maximum Gasteiger partial charge on any atom is 0.224 e. The zero-order valence-electron chi connectivity index (χ0n) is 8.50. The normalized spacial score (nSPS) is 10.4. The van der Waals surface area contributed by atoms with Gasteiger partial charge < -0.3 is 9.73 Å². The molecule has 2 heterocycles. The number of nitrogens with one attached hydrogen (secondary N) is 1. The van der Waals surface area contributed by atoms with E-state index in [0.29, 0.717) is 12.3 Å². The van der Waals surface area contributed by atoms with Gasteiger partial charge in [0, 0.05) is 0 Å². The van der Waals surface area contributed by atoms with Crippen LogP contribution in [-0.4, -0.2) is 9.97 Å². The Morgan fingerprint density at radius 1 is 1.50 bits per heavy atom. The number of aryl methyl sites for hydroxylation is 1. The first kappa shape index (κ1) is 10.9. The van der Waals surface area contributed by atoms with Gasteiger partial charge in [0.05, 0.1) is 12.7 Å². The molecule has 4 nitrogen and oxygen atoms in total. The molecule has 2 aromatic rings. The lowest BCUT2D eigenvalue weighted by Gasteiger charge is -2.04. The van der Waals surface area contributed by atoms with Gasteiger partial charge in [-0.15, -0.1) is 0 Å². The minimum Gasteiger partial charge on any atom is -0.465 e. The molecule has 16 heavy (non-hydrogen) atoms. The molecule has 2 aromatic heterocycles. The summed E-state index contributed by atoms with van der Waals surface area (Å²) in [5.74, 6) is 1.02. The van der Waals surface area contributed by atoms with Crippen molar-refractivity contribution in [3.8, 4) is 0 Å². The molecule has 0 aliphatic heterocycles. The molecule has 0 spiro atoms. The lowest BCUT2D eigenvalue weighted by atomic mass is 10.4. The highest BCUT2D eigenvalue weighted by Crippen LogP contribution is 2.14. The zero-order valence-corrected chi connectivity index (χ0v) is 9.25. The Kier molecular flexibility index (Phi) is 3.05. The summed E-state index contributed by atoms with van der Waals surface area (Å²) in [7, 11) is 0. The molecule has 0 fully saturated rings. The van der Waals surface area contributed by atoms with E-state index in [1.165, 1.54) is 0 Å². The Balaban J connectivity index is 2.07. The number of halogens is 2. The van der Waals surface area contributed by atoms with Gasteiger partial charge in [0.1, 0.15) is 11.5 Å². The number of rotatable bonds is 3. The van der Waals surface area contributed by atoms with E-state index < -0.39 is 5.82 Å². The molecule has 0 aromatic carbocycles. The first-order valence-corrected chi connectivity index (χ1v) is 5.00. The molecule has 0 amide bonds. The van der Waals surface area contributed by atoms with Crippen molar-refractivity contribution in [2.24, 2.45) is 0 Å². The van der Waals surface area contributed by atoms with Crippen LogP contribution < -0.4 is 5.32 Å². The van der Waals surface area contributed by atoms with E-state index in [1.54, 1.807) is 0 Å². The first-order valence-electron chi connectivity index (χ1n) is 4.62. The van der Waals surface area contributed by atoms with Crippen LogP contribution in [0.2, 0.25) is 5.28 Å². The highest BCUT2D eigenvalue weighted by molar-refractivity contribution is 6.28. The number of hydrogen-bond acceptors (Lipinski definition) is 4. The molecular formula is C10H9ClFN3O. The SMILES string of the molecule is Cc1ccc(CNc2nc(Cl)ncc2F)o1. The Labute approximate surface area is 96.5 Å². The summed E-state index contributed by atoms with van der Waals surface area (Å²) in [6.45, 7) is 2.18. The van der Waals surface area contributed by atoms with Gasteiger partial charge in [-0.1, -0.05) is 0 Å². The van der Waals surface area contributed by atoms with Crippen molar-refractivity contribution >= 4 is 17.4 Å². The number of nitrogens with zero attached hydrogens (tertiary/aromatic N) is 2. The van der Waals surface area contributed by atoms with Crippen LogP contribution in [0.25, 0.3) is 0 Å². The molecule has 84 valence electrons. The van der Waals surface area contributed by atoms with Crippen molar-refractivity contribution in [3.05, 3.63) is 41.0 Å². The smallest absolute Gasteiger partial charge is 0.224 e. The van der Waals surface area contributed by atoms with E-state index >= 15 is 0 Å². The topological polar surface area (TPSA) is 51.0 Å². The average Bonchev–Trinajstić information content (AvgIpc) is 2.66. The van der Waals surface area contributed by atoms with E-state index in [-0.39, 0.29) is 11.1 Å². The van der Waals surface area contributed by atoms with Crippen LogP contribution in [0.3, 0.4) is 0 Å². The summed E-state index contributed by atoms with van der Waals surface area (Å²) in [6.07, 6.45) is 1.02. The summed E-state index contributed by atoms with van der Waals surface area (Å²) < 4.78 is 18.5. The zero-order chi connectivity index (χ0) is 11.5. The van der Waals surface area contributed by atoms with Gasteiger partial charge in [-0.05, 0) is 30.7 Å². The maximum atomic E-state index is 13.2. The molecule has 0 saturated carbocycles. The van der Waals surface area contributed by atoms with Crippen LogP contribution in [0.4, 0.5) is 10.2 Å². The summed E-state index contributed by atoms with van der Waals surface area (Å²) in [6, 6.07) is 3.64. The molecular weight excluding hydrogens is 233 g/mol. The molecule has 1 N–H and O–H groups in total. The van der Waals surface area contributed by atoms with Gasteiger partial charge in [0.2, 0.25) is 5.28 Å². The summed E-state index contributed by atoms with van der Waals surface area (Å²) in [5.41, 5.74) is 0. The van der Waals surface area contributed by atoms with Crippen LogP contribution >= 0.6 is 11.6 Å². The predicted octanol–water partition coefficient (Wildman–Crippen LogP) is 2.78. The lowest BCUT2D eigenvalue weighted by Crippen LogP contribution is -2.03. The second-order valence-electron chi connectivity index (χ2n) is 3.20. The van der Waals surface area contributed by atoms with E-state index in [1.807, 2.05) is 19.1 Å². The van der Waals surface area contributed by atoms with Crippen molar-refractivity contribution in [2.45, 2.75) is 13.5 Å². The van der Waals surface area contributed by atoms with Gasteiger partial charge in [-0.2, -0.15) is 4.98 Å². The average molecular weight is 242 g/mol. The predicted molar refractivity (Wildman–Crippen MR) is 57.8 cm³/mol. The van der Waals surface area contributed by atoms with Crippen LogP contribution in [-0.2, 0) is 6.54 Å². The van der Waals surface area contributed by atoms with Crippen molar-refractivity contribution in [2.75, 3.05) is 5.32 Å². The monoisotopic (exact) mass is 241 g/mol. The molecule has 0 unspecified atom stereocenters. The van der Waals surface area contributed by atoms with Crippen LogP contribution in [0.1, 0.15) is 11.5 Å². The van der Waals surface area contributed by atoms with Crippen molar-refractivity contribution < 1.29 is 8.81 Å². The number of anilines is 1. The second kappa shape index (κ2) is 4.49. The fourth-order valence-electron chi connectivity index (χ4n) is 1.22. The van der Waals surface area contributed by atoms with E-state index in [2.05, 4.69) is 15.3 Å². The molecule has 0 bridgehead atoms. The molecule has 0 aliphatic carbocycles. The number of aromatic nitrogens is 2. The van der Waals surface area contributed by atoms with Crippen LogP contribution in [0, 0.1) is 12.7 Å². The molecule has 6 heteroatoms. The van der Waals surface area contributed by atoms with Gasteiger partial charge in [-0.25, -0.2) is 9.37 Å². The quantitative estimate of drug-likeness (QED) is 0.840. The highest BCUT2D eigenvalue weighted by Gasteiger charge is 2.06. The van der Waals surface area contributed by atoms with Gasteiger partial charge in [0.25, 0.3) is 0 Å². The molecule has 0 radical (unpaired) electrons. The minimum atomic E-state index is -0.548. The Morgan fingerprint density at radius 2 is 2.31 bits per heavy atom. The highest BCUT2D eigenvalue weighted by atomic mass is 35.5. The van der Waals surface area contributed by atoms with E-state index in [0.717, 1.165) is 12.0 Å². The van der Waals surface area contributed by atoms with Crippen molar-refractivity contribution in [1.29, 1.82) is 0 Å². The Bertz CT molecular complexity index is 501. The van der Waals surface area contributed by atoms with Gasteiger partial charge in [-0.3, -0.25) is 0 Å². The van der Waals surface area contributed by atoms with Crippen molar-refractivity contribution in [3.63, 3.8) is 0 Å². The minimum absolute atomic E-state index is 0.000439. The Hall–Kier alpha value is -1.62. The summed E-state index contributed by atoms with van der Waals surface area (Å²) in [5, 5.41) is 2.78. The Morgan fingerprint density at radius 3 is 3.00 bits per heavy atom. The fraction of sp³-hybridized carbons (Fsp3) is 0.200. The van der Waals surface area contributed by atoms with Crippen LogP contribution in [0.5, 0.6) is 0 Å². The molecule has 2 rings (SSSR count). The fourth-order valence-corrected chi connectivity index (χ4v) is 1.35. The van der Waals surface area contributed by atoms with Crippen LogP contribution in [0.15, 0.2) is 22.7 Å². The van der Waals surface area contributed by atoms with Crippen molar-refractivity contribution in [1.82, 2.24) is 9.97 Å². The third kappa shape index (κ3) is 2.49. The summed E-state index contributed by atoms with van der Waals surface area (Å²) >= 11 is 5.55. The molecule has 0 saturated heterocycles.